The van der Waals surface area contributed by atoms with Gasteiger partial charge in [-0.2, -0.15) is 5.10 Å². The number of benzene rings is 4. The topological polar surface area (TPSA) is 51.0 Å². The van der Waals surface area contributed by atoms with Gasteiger partial charge in [0.05, 0.1) is 6.21 Å². The predicted molar refractivity (Wildman–Crippen MR) is 129 cm³/mol. The molecule has 0 fully saturated rings. The van der Waals surface area contributed by atoms with Gasteiger partial charge in [0.1, 0.15) is 18.1 Å². The molecule has 0 bridgehead atoms. The summed E-state index contributed by atoms with van der Waals surface area (Å²) in [7, 11) is 0. The van der Waals surface area contributed by atoms with Gasteiger partial charge in [0, 0.05) is 11.1 Å². The molecule has 4 heteroatoms. The molecule has 4 aromatic rings. The lowest BCUT2D eigenvalue weighted by Gasteiger charge is -2.06. The average molecular weight is 418 g/mol. The molecule has 0 aliphatic carbocycles. The maximum Gasteiger partial charge on any atom is 0.213 e. The van der Waals surface area contributed by atoms with Crippen molar-refractivity contribution in [3.63, 3.8) is 0 Å². The van der Waals surface area contributed by atoms with E-state index in [9.17, 15) is 4.79 Å². The van der Waals surface area contributed by atoms with Crippen molar-refractivity contribution in [1.82, 2.24) is 0 Å². The van der Waals surface area contributed by atoms with E-state index in [1.54, 1.807) is 18.3 Å². The van der Waals surface area contributed by atoms with Crippen molar-refractivity contribution in [3.05, 3.63) is 138 Å². The van der Waals surface area contributed by atoms with Crippen LogP contribution in [-0.4, -0.2) is 17.7 Å². The Hall–Kier alpha value is -4.31. The number of ether oxygens (including phenoxy) is 1. The summed E-state index contributed by atoms with van der Waals surface area (Å²) >= 11 is 0. The molecule has 32 heavy (non-hydrogen) atoms. The minimum absolute atomic E-state index is 0.168. The fourth-order valence-electron chi connectivity index (χ4n) is 3.10. The summed E-state index contributed by atoms with van der Waals surface area (Å²) in [5, 5.41) is 8.46. The summed E-state index contributed by atoms with van der Waals surface area (Å²) in [6.45, 7) is 0.514. The van der Waals surface area contributed by atoms with Crippen molar-refractivity contribution >= 4 is 17.7 Å². The summed E-state index contributed by atoms with van der Waals surface area (Å²) in [4.78, 5) is 13.0. The molecular weight excluding hydrogens is 396 g/mol. The summed E-state index contributed by atoms with van der Waals surface area (Å²) in [5.74, 6) is 0.609. The first-order valence-electron chi connectivity index (χ1n) is 10.3. The fourth-order valence-corrected chi connectivity index (χ4v) is 3.10. The van der Waals surface area contributed by atoms with Crippen LogP contribution in [0.4, 0.5) is 0 Å². The average Bonchev–Trinajstić information content (AvgIpc) is 2.87. The van der Waals surface area contributed by atoms with Gasteiger partial charge in [-0.05, 0) is 35.4 Å². The van der Waals surface area contributed by atoms with Crippen molar-refractivity contribution in [1.29, 1.82) is 0 Å². The standard InChI is InChI=1S/C28H22N2O2/c31-28(25-14-8-3-9-15-25)27(24-12-6-2-7-13-24)30-29-20-22-16-18-26(19-17-22)32-21-23-10-4-1-5-11-23/h1-20H,21H2. The van der Waals surface area contributed by atoms with Crippen LogP contribution in [0.3, 0.4) is 0 Å². The van der Waals surface area contributed by atoms with Gasteiger partial charge in [-0.25, -0.2) is 0 Å². The number of ketones is 1. The fraction of sp³-hybridized carbons (Fsp3) is 0.0357. The second kappa shape index (κ2) is 10.6. The van der Waals surface area contributed by atoms with Crippen molar-refractivity contribution in [3.8, 4) is 5.75 Å². The van der Waals surface area contributed by atoms with Crippen molar-refractivity contribution < 1.29 is 9.53 Å². The highest BCUT2D eigenvalue weighted by atomic mass is 16.5. The van der Waals surface area contributed by atoms with E-state index in [0.717, 1.165) is 22.4 Å². The van der Waals surface area contributed by atoms with Gasteiger partial charge in [0.2, 0.25) is 5.78 Å². The normalized spacial score (nSPS) is 11.4. The molecule has 0 saturated carbocycles. The van der Waals surface area contributed by atoms with Gasteiger partial charge in [-0.1, -0.05) is 91.0 Å². The third-order valence-electron chi connectivity index (χ3n) is 4.79. The second-order valence-electron chi connectivity index (χ2n) is 7.10. The maximum absolute atomic E-state index is 13.0. The van der Waals surface area contributed by atoms with Crippen LogP contribution in [0.15, 0.2) is 125 Å². The van der Waals surface area contributed by atoms with E-state index in [1.807, 2.05) is 103 Å². The Morgan fingerprint density at radius 1 is 0.688 bits per heavy atom. The van der Waals surface area contributed by atoms with Crippen LogP contribution in [-0.2, 0) is 6.61 Å². The minimum atomic E-state index is -0.168. The van der Waals surface area contributed by atoms with E-state index in [1.165, 1.54) is 0 Å². The van der Waals surface area contributed by atoms with E-state index in [0.29, 0.717) is 17.9 Å². The molecule has 0 N–H and O–H groups in total. The molecule has 0 atom stereocenters. The Kier molecular flexibility index (Phi) is 6.96. The van der Waals surface area contributed by atoms with Crippen LogP contribution in [0, 0.1) is 0 Å². The predicted octanol–water partition coefficient (Wildman–Crippen LogP) is 5.97. The minimum Gasteiger partial charge on any atom is -0.489 e. The molecule has 0 saturated heterocycles. The quantitative estimate of drug-likeness (QED) is 0.201. The van der Waals surface area contributed by atoms with Crippen molar-refractivity contribution in [2.75, 3.05) is 0 Å². The van der Waals surface area contributed by atoms with Crippen molar-refractivity contribution in [2.24, 2.45) is 10.2 Å². The molecule has 4 rings (SSSR count). The number of carbonyl (C=O) groups excluding carboxylic acids is 1. The second-order valence-corrected chi connectivity index (χ2v) is 7.10. The molecule has 0 aliphatic heterocycles. The highest BCUT2D eigenvalue weighted by Gasteiger charge is 2.15. The van der Waals surface area contributed by atoms with Gasteiger partial charge < -0.3 is 4.74 Å². The molecular formula is C28H22N2O2. The summed E-state index contributed by atoms with van der Waals surface area (Å²) in [6.07, 6.45) is 1.63. The number of hydrogen-bond donors (Lipinski definition) is 0. The van der Waals surface area contributed by atoms with Crippen molar-refractivity contribution in [2.45, 2.75) is 6.61 Å². The number of rotatable bonds is 8. The Morgan fingerprint density at radius 3 is 1.88 bits per heavy atom. The zero-order valence-electron chi connectivity index (χ0n) is 17.5. The van der Waals surface area contributed by atoms with Crippen LogP contribution in [0.5, 0.6) is 5.75 Å². The molecule has 4 aromatic carbocycles. The molecule has 4 nitrogen and oxygen atoms in total. The largest absolute Gasteiger partial charge is 0.489 e. The Bertz CT molecular complexity index is 1200. The summed E-state index contributed by atoms with van der Waals surface area (Å²) < 4.78 is 5.81. The molecule has 0 spiro atoms. The molecule has 0 aliphatic rings. The SMILES string of the molecule is O=C(C(=NN=Cc1ccc(OCc2ccccc2)cc1)c1ccccc1)c1ccccc1. The Labute approximate surface area is 187 Å². The van der Waals surface area contributed by atoms with Gasteiger partial charge in [0.15, 0.2) is 0 Å². The van der Waals surface area contributed by atoms with E-state index in [-0.39, 0.29) is 5.78 Å². The van der Waals surface area contributed by atoms with Gasteiger partial charge in [0.25, 0.3) is 0 Å². The van der Waals surface area contributed by atoms with Crippen LogP contribution >= 0.6 is 0 Å². The van der Waals surface area contributed by atoms with E-state index in [4.69, 9.17) is 4.74 Å². The van der Waals surface area contributed by atoms with E-state index >= 15 is 0 Å². The first kappa shape index (κ1) is 20.9. The Morgan fingerprint density at radius 2 is 1.25 bits per heavy atom. The molecule has 0 aromatic heterocycles. The third-order valence-corrected chi connectivity index (χ3v) is 4.79. The smallest absolute Gasteiger partial charge is 0.213 e. The highest BCUT2D eigenvalue weighted by Crippen LogP contribution is 2.14. The molecule has 0 amide bonds. The lowest BCUT2D eigenvalue weighted by molar-refractivity contribution is 0.106. The van der Waals surface area contributed by atoms with E-state index < -0.39 is 0 Å². The molecule has 0 unspecified atom stereocenters. The zero-order chi connectivity index (χ0) is 22.0. The van der Waals surface area contributed by atoms with Gasteiger partial charge >= 0.3 is 0 Å². The monoisotopic (exact) mass is 418 g/mol. The lowest BCUT2D eigenvalue weighted by atomic mass is 10.0. The maximum atomic E-state index is 13.0. The van der Waals surface area contributed by atoms with Gasteiger partial charge in [-0.3, -0.25) is 4.79 Å². The van der Waals surface area contributed by atoms with Crippen LogP contribution in [0.1, 0.15) is 27.0 Å². The molecule has 0 heterocycles. The van der Waals surface area contributed by atoms with Crippen LogP contribution in [0.2, 0.25) is 0 Å². The highest BCUT2D eigenvalue weighted by molar-refractivity contribution is 6.51. The first-order valence-corrected chi connectivity index (χ1v) is 10.3. The van der Waals surface area contributed by atoms with Crippen LogP contribution < -0.4 is 4.74 Å². The number of carbonyl (C=O) groups is 1. The Balaban J connectivity index is 1.48. The lowest BCUT2D eigenvalue weighted by Crippen LogP contribution is -2.15. The van der Waals surface area contributed by atoms with E-state index in [2.05, 4.69) is 10.2 Å². The number of Topliss-reactive ketones (excluding diaryl/α,β-unsaturated/α-hetero) is 1. The zero-order valence-corrected chi connectivity index (χ0v) is 17.5. The summed E-state index contributed by atoms with van der Waals surface area (Å²) in [6, 6.07) is 36.1. The van der Waals surface area contributed by atoms with Gasteiger partial charge in [-0.15, -0.1) is 5.10 Å². The molecule has 0 radical (unpaired) electrons. The first-order chi connectivity index (χ1) is 15.8. The van der Waals surface area contributed by atoms with Crippen LogP contribution in [0.25, 0.3) is 0 Å². The summed E-state index contributed by atoms with van der Waals surface area (Å²) in [5.41, 5.74) is 3.58. The third kappa shape index (κ3) is 5.64. The molecule has 156 valence electrons. The number of hydrogen-bond acceptors (Lipinski definition) is 4. The number of nitrogens with zero attached hydrogens (tertiary/aromatic N) is 2.